The SMILES string of the molecule is [O-][n+]1cc(-c2c(-n3cnnn3)ccc(Cl)c2F)ccc1[C@@H](CCOC(F)F)n1cc(-c2ccn(C(F)F)n2)cn1. The highest BCUT2D eigenvalue weighted by Crippen LogP contribution is 2.33. The van der Waals surface area contributed by atoms with E-state index in [9.17, 15) is 22.8 Å². The summed E-state index contributed by atoms with van der Waals surface area (Å²) in [6.07, 6.45) is 6.08. The number of hydrogen-bond donors (Lipinski definition) is 0. The second-order valence-corrected chi connectivity index (χ2v) is 8.69. The van der Waals surface area contributed by atoms with E-state index in [0.717, 1.165) is 12.4 Å². The van der Waals surface area contributed by atoms with Crippen molar-refractivity contribution in [2.24, 2.45) is 0 Å². The van der Waals surface area contributed by atoms with Crippen LogP contribution in [0, 0.1) is 11.0 Å². The van der Waals surface area contributed by atoms with Crippen molar-refractivity contribution in [2.45, 2.75) is 25.6 Å². The Hall–Kier alpha value is -4.44. The van der Waals surface area contributed by atoms with Gasteiger partial charge in [-0.2, -0.15) is 37.2 Å². The summed E-state index contributed by atoms with van der Waals surface area (Å²) < 4.78 is 74.2. The summed E-state index contributed by atoms with van der Waals surface area (Å²) in [7, 11) is 0. The van der Waals surface area contributed by atoms with E-state index in [1.807, 2.05) is 0 Å². The molecule has 0 saturated heterocycles. The molecule has 0 N–H and O–H groups in total. The Balaban J connectivity index is 1.52. The number of tetrazole rings is 1. The predicted molar refractivity (Wildman–Crippen MR) is 128 cm³/mol. The average Bonchev–Trinajstić information content (AvgIpc) is 3.70. The monoisotopic (exact) mass is 581 g/mol. The molecule has 4 aromatic heterocycles. The second kappa shape index (κ2) is 11.4. The van der Waals surface area contributed by atoms with Crippen molar-refractivity contribution < 1.29 is 31.4 Å². The van der Waals surface area contributed by atoms with Gasteiger partial charge >= 0.3 is 13.2 Å². The van der Waals surface area contributed by atoms with Crippen LogP contribution in [-0.2, 0) is 4.74 Å². The number of ether oxygens (including phenoxy) is 1. The molecule has 0 aliphatic carbocycles. The average molecular weight is 582 g/mol. The highest BCUT2D eigenvalue weighted by Gasteiger charge is 2.26. The zero-order chi connectivity index (χ0) is 28.4. The van der Waals surface area contributed by atoms with Crippen LogP contribution in [0.2, 0.25) is 5.02 Å². The summed E-state index contributed by atoms with van der Waals surface area (Å²) in [5, 5.41) is 31.9. The molecule has 0 saturated carbocycles. The molecule has 5 rings (SSSR count). The van der Waals surface area contributed by atoms with E-state index in [-0.39, 0.29) is 39.6 Å². The molecule has 1 aromatic carbocycles. The first-order chi connectivity index (χ1) is 19.2. The molecular weight excluding hydrogens is 565 g/mol. The Bertz CT molecular complexity index is 1610. The van der Waals surface area contributed by atoms with Gasteiger partial charge in [0.15, 0.2) is 12.0 Å². The fraction of sp³-hybridized carbons (Fsp3) is 0.217. The smallest absolute Gasteiger partial charge is 0.345 e. The number of hydrogen-bond acceptors (Lipinski definition) is 7. The van der Waals surface area contributed by atoms with Gasteiger partial charge in [0.25, 0.3) is 0 Å². The van der Waals surface area contributed by atoms with Crippen molar-refractivity contribution in [3.05, 3.63) is 83.2 Å². The minimum Gasteiger partial charge on any atom is -0.618 e. The predicted octanol–water partition coefficient (Wildman–Crippen LogP) is 4.43. The number of pyridine rings is 1. The maximum absolute atomic E-state index is 15.2. The first-order valence-electron chi connectivity index (χ1n) is 11.5. The van der Waals surface area contributed by atoms with Crippen molar-refractivity contribution in [2.75, 3.05) is 6.61 Å². The highest BCUT2D eigenvalue weighted by atomic mass is 35.5. The number of rotatable bonds is 10. The lowest BCUT2D eigenvalue weighted by molar-refractivity contribution is -0.615. The topological polar surface area (TPSA) is 115 Å². The van der Waals surface area contributed by atoms with Crippen molar-refractivity contribution in [3.63, 3.8) is 0 Å². The summed E-state index contributed by atoms with van der Waals surface area (Å²) in [6.45, 7) is -6.32. The largest absolute Gasteiger partial charge is 0.618 e. The molecule has 0 spiro atoms. The van der Waals surface area contributed by atoms with Crippen LogP contribution in [-0.4, -0.2) is 53.0 Å². The lowest BCUT2D eigenvalue weighted by Gasteiger charge is -2.18. The molecule has 17 heteroatoms. The molecule has 0 aliphatic rings. The Morgan fingerprint density at radius 1 is 1.05 bits per heavy atom. The van der Waals surface area contributed by atoms with E-state index >= 15 is 4.39 Å². The van der Waals surface area contributed by atoms with Crippen LogP contribution >= 0.6 is 11.6 Å². The molecule has 4 heterocycles. The third-order valence-electron chi connectivity index (χ3n) is 5.90. The third kappa shape index (κ3) is 5.48. The van der Waals surface area contributed by atoms with Gasteiger partial charge in [-0.1, -0.05) is 11.6 Å². The lowest BCUT2D eigenvalue weighted by atomic mass is 10.0. The molecule has 208 valence electrons. The van der Waals surface area contributed by atoms with Crippen LogP contribution in [0.5, 0.6) is 0 Å². The molecule has 0 aliphatic heterocycles. The normalized spacial score (nSPS) is 12.5. The van der Waals surface area contributed by atoms with Gasteiger partial charge in [0, 0.05) is 30.4 Å². The molecule has 0 unspecified atom stereocenters. The molecule has 40 heavy (non-hydrogen) atoms. The van der Waals surface area contributed by atoms with Crippen molar-refractivity contribution in [3.8, 4) is 28.1 Å². The first kappa shape index (κ1) is 27.1. The first-order valence-corrected chi connectivity index (χ1v) is 11.8. The Labute approximate surface area is 226 Å². The molecule has 1 atom stereocenters. The van der Waals surface area contributed by atoms with Gasteiger partial charge < -0.3 is 9.94 Å². The number of benzene rings is 1. The number of alkyl halides is 4. The van der Waals surface area contributed by atoms with Crippen LogP contribution < -0.4 is 4.73 Å². The third-order valence-corrected chi connectivity index (χ3v) is 6.20. The van der Waals surface area contributed by atoms with Crippen molar-refractivity contribution >= 4 is 11.6 Å². The van der Waals surface area contributed by atoms with Gasteiger partial charge in [-0.15, -0.1) is 5.10 Å². The van der Waals surface area contributed by atoms with E-state index < -0.39 is 31.6 Å². The quantitative estimate of drug-likeness (QED) is 0.136. The van der Waals surface area contributed by atoms with Gasteiger partial charge in [0.2, 0.25) is 5.69 Å². The minimum atomic E-state index is -3.04. The number of nitrogens with zero attached hydrogens (tertiary/aromatic N) is 9. The lowest BCUT2D eigenvalue weighted by Crippen LogP contribution is -2.36. The summed E-state index contributed by atoms with van der Waals surface area (Å²) in [4.78, 5) is 0. The van der Waals surface area contributed by atoms with E-state index in [0.29, 0.717) is 15.0 Å². The highest BCUT2D eigenvalue weighted by molar-refractivity contribution is 6.31. The minimum absolute atomic E-state index is 0.0514. The Kier molecular flexibility index (Phi) is 7.70. The Morgan fingerprint density at radius 3 is 2.55 bits per heavy atom. The van der Waals surface area contributed by atoms with Crippen molar-refractivity contribution in [1.82, 2.24) is 39.8 Å². The molecule has 5 aromatic rings. The van der Waals surface area contributed by atoms with Crippen molar-refractivity contribution in [1.29, 1.82) is 0 Å². The standard InChI is InChI=1S/C23H17ClF5N9O2/c24-15-2-4-19(37-12-30-33-34-37)20(21(15)25)13-1-3-18(38(39)11-13)17(6-8-40-23(28)29)36-10-14(9-31-36)16-5-7-35(32-16)22(26)27/h1-5,7,9-12,17,22-23H,6,8H2/t17-/m1/s1. The molecule has 0 bridgehead atoms. The summed E-state index contributed by atoms with van der Waals surface area (Å²) >= 11 is 6.00. The second-order valence-electron chi connectivity index (χ2n) is 8.28. The van der Waals surface area contributed by atoms with E-state index in [1.54, 1.807) is 0 Å². The van der Waals surface area contributed by atoms with Gasteiger partial charge in [-0.05, 0) is 34.7 Å². The van der Waals surface area contributed by atoms with Crippen LogP contribution in [0.4, 0.5) is 22.0 Å². The zero-order valence-corrected chi connectivity index (χ0v) is 20.8. The van der Waals surface area contributed by atoms with Crippen LogP contribution in [0.3, 0.4) is 0 Å². The fourth-order valence-corrected chi connectivity index (χ4v) is 4.26. The summed E-state index contributed by atoms with van der Waals surface area (Å²) in [5.41, 5.74) is 0.878. The van der Waals surface area contributed by atoms with E-state index in [4.69, 9.17) is 11.6 Å². The van der Waals surface area contributed by atoms with Gasteiger partial charge in [0.1, 0.15) is 12.4 Å². The Morgan fingerprint density at radius 2 is 1.88 bits per heavy atom. The number of halogens is 6. The van der Waals surface area contributed by atoms with Crippen LogP contribution in [0.25, 0.3) is 28.1 Å². The summed E-state index contributed by atoms with van der Waals surface area (Å²) in [5.74, 6) is -0.816. The number of aromatic nitrogens is 9. The molecular formula is C23H17ClF5N9O2. The maximum atomic E-state index is 15.2. The maximum Gasteiger partial charge on any atom is 0.345 e. The van der Waals surface area contributed by atoms with E-state index in [2.05, 4.69) is 30.5 Å². The molecule has 0 radical (unpaired) electrons. The summed E-state index contributed by atoms with van der Waals surface area (Å²) in [6, 6.07) is 6.04. The fourth-order valence-electron chi connectivity index (χ4n) is 4.10. The zero-order valence-electron chi connectivity index (χ0n) is 20.0. The van der Waals surface area contributed by atoms with Gasteiger partial charge in [0.05, 0.1) is 40.3 Å². The van der Waals surface area contributed by atoms with Crippen LogP contribution in [0.15, 0.2) is 61.4 Å². The van der Waals surface area contributed by atoms with Crippen LogP contribution in [0.1, 0.15) is 24.7 Å². The molecule has 11 nitrogen and oxygen atoms in total. The van der Waals surface area contributed by atoms with Gasteiger partial charge in [-0.3, -0.25) is 4.68 Å². The van der Waals surface area contributed by atoms with E-state index in [1.165, 1.54) is 58.4 Å². The molecule has 0 fully saturated rings. The van der Waals surface area contributed by atoms with Gasteiger partial charge in [-0.25, -0.2) is 9.07 Å². The molecule has 0 amide bonds.